The van der Waals surface area contributed by atoms with Crippen LogP contribution in [0, 0.1) is 0 Å². The molecule has 0 saturated carbocycles. The van der Waals surface area contributed by atoms with Crippen molar-refractivity contribution in [2.45, 2.75) is 19.6 Å². The lowest BCUT2D eigenvalue weighted by Crippen LogP contribution is -2.10. The van der Waals surface area contributed by atoms with Crippen LogP contribution in [0.4, 0.5) is 0 Å². The largest absolute Gasteiger partial charge is 0.493 e. The molecule has 0 fully saturated rings. The second kappa shape index (κ2) is 13.4. The van der Waals surface area contributed by atoms with Crippen LogP contribution in [0.25, 0.3) is 22.5 Å². The minimum atomic E-state index is -1.07. The molecule has 5 rings (SSSR count). The van der Waals surface area contributed by atoms with Crippen molar-refractivity contribution in [1.29, 1.82) is 0 Å². The Bertz CT molecular complexity index is 1630. The van der Waals surface area contributed by atoms with Crippen molar-refractivity contribution in [3.8, 4) is 45.5 Å². The first-order valence-electron chi connectivity index (χ1n) is 13.5. The Labute approximate surface area is 244 Å². The molecule has 4 aromatic carbocycles. The number of benzene rings is 4. The quantitative estimate of drug-likeness (QED) is 0.174. The number of hydrogen-bond acceptors (Lipinski definition) is 6. The second-order valence-corrected chi connectivity index (χ2v) is 9.53. The Balaban J connectivity index is 1.57. The van der Waals surface area contributed by atoms with E-state index in [1.807, 2.05) is 83.5 Å². The van der Waals surface area contributed by atoms with Gasteiger partial charge in [0.2, 0.25) is 0 Å². The van der Waals surface area contributed by atoms with E-state index < -0.39 is 12.6 Å². The Kier molecular flexibility index (Phi) is 9.03. The van der Waals surface area contributed by atoms with Crippen molar-refractivity contribution in [1.82, 2.24) is 9.78 Å². The fourth-order valence-electron chi connectivity index (χ4n) is 4.71. The summed E-state index contributed by atoms with van der Waals surface area (Å²) in [5.74, 6) is 1.13. The molecule has 0 saturated heterocycles. The van der Waals surface area contributed by atoms with E-state index in [0.29, 0.717) is 47.4 Å². The number of aryl methyl sites for hydroxylation is 2. The highest BCUT2D eigenvalue weighted by atomic mass is 16.5. The second-order valence-electron chi connectivity index (χ2n) is 9.53. The summed E-state index contributed by atoms with van der Waals surface area (Å²) in [5.41, 5.74) is 5.06. The normalized spacial score (nSPS) is 10.7. The fraction of sp³-hybridized carbons (Fsp3) is 0.176. The van der Waals surface area contributed by atoms with E-state index in [1.54, 1.807) is 26.4 Å². The summed E-state index contributed by atoms with van der Waals surface area (Å²) in [7, 11) is 3.21. The summed E-state index contributed by atoms with van der Waals surface area (Å²) in [4.78, 5) is 11.3. The molecule has 1 heterocycles. The van der Waals surface area contributed by atoms with E-state index in [-0.39, 0.29) is 0 Å². The van der Waals surface area contributed by atoms with Crippen molar-refractivity contribution < 1.29 is 28.8 Å². The summed E-state index contributed by atoms with van der Waals surface area (Å²) in [6.45, 7) is 0.491. The summed E-state index contributed by atoms with van der Waals surface area (Å²) in [6, 6.07) is 33.0. The number of hydrogen-bond donors (Lipinski definition) is 1. The van der Waals surface area contributed by atoms with E-state index in [9.17, 15) is 9.90 Å². The third-order valence-corrected chi connectivity index (χ3v) is 6.74. The standard InChI is InChI=1S/C34H32N2O6/c1-39-32-15-9-14-27(34(32)40-2)30-21-29(35-36(30)19-18-24-10-5-3-6-11-24)28-20-26(16-17-31(28)42-23-33(37)38)41-22-25-12-7-4-8-13-25/h3-17,20-21H,18-19,22-23H2,1-2H3,(H,37,38). The van der Waals surface area contributed by atoms with Gasteiger partial charge >= 0.3 is 5.97 Å². The average Bonchev–Trinajstić information content (AvgIpc) is 3.46. The van der Waals surface area contributed by atoms with Gasteiger partial charge in [-0.25, -0.2) is 4.79 Å². The van der Waals surface area contributed by atoms with Crippen molar-refractivity contribution in [2.24, 2.45) is 0 Å². The van der Waals surface area contributed by atoms with Crippen LogP contribution in [0.3, 0.4) is 0 Å². The Morgan fingerprint density at radius 3 is 2.19 bits per heavy atom. The first-order valence-corrected chi connectivity index (χ1v) is 13.5. The van der Waals surface area contributed by atoms with Crippen LogP contribution in [0.1, 0.15) is 11.1 Å². The first-order chi connectivity index (χ1) is 20.6. The molecule has 0 aliphatic carbocycles. The van der Waals surface area contributed by atoms with Gasteiger partial charge in [0, 0.05) is 17.7 Å². The summed E-state index contributed by atoms with van der Waals surface area (Å²) in [6.07, 6.45) is 0.754. The Morgan fingerprint density at radius 2 is 1.50 bits per heavy atom. The smallest absolute Gasteiger partial charge is 0.341 e. The van der Waals surface area contributed by atoms with Crippen LogP contribution in [-0.2, 0) is 24.4 Å². The molecule has 0 atom stereocenters. The molecule has 42 heavy (non-hydrogen) atoms. The number of aromatic nitrogens is 2. The van der Waals surface area contributed by atoms with Gasteiger partial charge in [0.25, 0.3) is 0 Å². The maximum absolute atomic E-state index is 11.3. The van der Waals surface area contributed by atoms with Gasteiger partial charge in [-0.05, 0) is 53.9 Å². The average molecular weight is 565 g/mol. The van der Waals surface area contributed by atoms with Gasteiger partial charge in [0.15, 0.2) is 18.1 Å². The predicted octanol–water partition coefficient (Wildman–Crippen LogP) is 6.52. The lowest BCUT2D eigenvalue weighted by Gasteiger charge is -2.14. The molecule has 1 aromatic heterocycles. The van der Waals surface area contributed by atoms with E-state index >= 15 is 0 Å². The topological polar surface area (TPSA) is 92.0 Å². The van der Waals surface area contributed by atoms with Gasteiger partial charge < -0.3 is 24.1 Å². The number of methoxy groups -OCH3 is 2. The van der Waals surface area contributed by atoms with Crippen LogP contribution in [0.15, 0.2) is 103 Å². The third kappa shape index (κ3) is 6.72. The SMILES string of the molecule is COc1cccc(-c2cc(-c3cc(OCc4ccccc4)ccc3OCC(=O)O)nn2CCc2ccccc2)c1OC. The maximum atomic E-state index is 11.3. The lowest BCUT2D eigenvalue weighted by atomic mass is 10.1. The van der Waals surface area contributed by atoms with Crippen LogP contribution in [0.5, 0.6) is 23.0 Å². The number of ether oxygens (including phenoxy) is 4. The zero-order chi connectivity index (χ0) is 29.3. The van der Waals surface area contributed by atoms with Crippen LogP contribution >= 0.6 is 0 Å². The zero-order valence-corrected chi connectivity index (χ0v) is 23.5. The molecule has 0 unspecified atom stereocenters. The number of carboxylic acid groups (broad SMARTS) is 1. The van der Waals surface area contributed by atoms with E-state index in [0.717, 1.165) is 23.2 Å². The van der Waals surface area contributed by atoms with Gasteiger partial charge in [-0.3, -0.25) is 4.68 Å². The lowest BCUT2D eigenvalue weighted by molar-refractivity contribution is -0.139. The molecule has 0 bridgehead atoms. The number of aliphatic carboxylic acids is 1. The molecule has 8 nitrogen and oxygen atoms in total. The highest BCUT2D eigenvalue weighted by Crippen LogP contribution is 2.41. The highest BCUT2D eigenvalue weighted by Gasteiger charge is 2.20. The van der Waals surface area contributed by atoms with Crippen LogP contribution in [-0.4, -0.2) is 41.7 Å². The number of carboxylic acids is 1. The van der Waals surface area contributed by atoms with Gasteiger partial charge in [-0.15, -0.1) is 0 Å². The monoisotopic (exact) mass is 564 g/mol. The molecule has 8 heteroatoms. The van der Waals surface area contributed by atoms with Gasteiger partial charge in [0.1, 0.15) is 18.1 Å². The molecule has 0 aliphatic heterocycles. The molecule has 0 aliphatic rings. The van der Waals surface area contributed by atoms with Gasteiger partial charge in [-0.2, -0.15) is 5.10 Å². The van der Waals surface area contributed by atoms with Crippen molar-refractivity contribution >= 4 is 5.97 Å². The summed E-state index contributed by atoms with van der Waals surface area (Å²) in [5, 5.41) is 14.3. The predicted molar refractivity (Wildman–Crippen MR) is 160 cm³/mol. The van der Waals surface area contributed by atoms with E-state index in [1.165, 1.54) is 5.56 Å². The molecule has 0 radical (unpaired) electrons. The molecule has 1 N–H and O–H groups in total. The summed E-state index contributed by atoms with van der Waals surface area (Å²) >= 11 is 0. The Hall–Kier alpha value is -5.24. The number of para-hydroxylation sites is 1. The maximum Gasteiger partial charge on any atom is 0.341 e. The molecule has 5 aromatic rings. The first kappa shape index (κ1) is 28.3. The van der Waals surface area contributed by atoms with Crippen LogP contribution < -0.4 is 18.9 Å². The number of carbonyl (C=O) groups is 1. The Morgan fingerprint density at radius 1 is 0.762 bits per heavy atom. The minimum absolute atomic E-state index is 0.382. The number of rotatable bonds is 13. The third-order valence-electron chi connectivity index (χ3n) is 6.74. The van der Waals surface area contributed by atoms with Crippen LogP contribution in [0.2, 0.25) is 0 Å². The summed E-state index contributed by atoms with van der Waals surface area (Å²) < 4.78 is 25.0. The van der Waals surface area contributed by atoms with Crippen molar-refractivity contribution in [2.75, 3.05) is 20.8 Å². The fourth-order valence-corrected chi connectivity index (χ4v) is 4.71. The van der Waals surface area contributed by atoms with E-state index in [4.69, 9.17) is 24.0 Å². The van der Waals surface area contributed by atoms with Gasteiger partial charge in [0.05, 0.1) is 25.6 Å². The zero-order valence-electron chi connectivity index (χ0n) is 23.5. The van der Waals surface area contributed by atoms with E-state index in [2.05, 4.69) is 12.1 Å². The van der Waals surface area contributed by atoms with Crippen molar-refractivity contribution in [3.05, 3.63) is 114 Å². The number of nitrogens with zero attached hydrogens (tertiary/aromatic N) is 2. The van der Waals surface area contributed by atoms with Gasteiger partial charge in [-0.1, -0.05) is 66.7 Å². The molecular formula is C34H32N2O6. The molecule has 214 valence electrons. The molecule has 0 amide bonds. The highest BCUT2D eigenvalue weighted by molar-refractivity contribution is 5.78. The minimum Gasteiger partial charge on any atom is -0.493 e. The molecular weight excluding hydrogens is 532 g/mol. The van der Waals surface area contributed by atoms with Crippen molar-refractivity contribution in [3.63, 3.8) is 0 Å². The molecule has 0 spiro atoms.